The van der Waals surface area contributed by atoms with Gasteiger partial charge in [-0.15, -0.1) is 10.2 Å². The van der Waals surface area contributed by atoms with Crippen molar-refractivity contribution in [2.45, 2.75) is 12.7 Å². The number of sulfone groups is 1. The quantitative estimate of drug-likeness (QED) is 0.646. The molecule has 0 unspecified atom stereocenters. The number of nitrogens with zero attached hydrogens (tertiary/aromatic N) is 3. The molecular formula is C6H10N3O2S. The minimum atomic E-state index is -3.26. The number of rotatable bonds is 2. The van der Waals surface area contributed by atoms with Gasteiger partial charge in [0.25, 0.3) is 0 Å². The molecule has 0 aliphatic rings. The van der Waals surface area contributed by atoms with Gasteiger partial charge in [-0.25, -0.2) is 8.42 Å². The van der Waals surface area contributed by atoms with E-state index in [9.17, 15) is 8.42 Å². The molecule has 5 nitrogen and oxygen atoms in total. The van der Waals surface area contributed by atoms with Crippen LogP contribution in [-0.2, 0) is 22.6 Å². The van der Waals surface area contributed by atoms with E-state index in [1.54, 1.807) is 18.5 Å². The van der Waals surface area contributed by atoms with Crippen molar-refractivity contribution in [3.8, 4) is 0 Å². The second kappa shape index (κ2) is 2.85. The zero-order valence-corrected chi connectivity index (χ0v) is 7.80. The first kappa shape index (κ1) is 9.18. The minimum Gasteiger partial charge on any atom is -0.317 e. The molecular weight excluding hydrogens is 178 g/mol. The van der Waals surface area contributed by atoms with Gasteiger partial charge >= 0.3 is 0 Å². The minimum absolute atomic E-state index is 0.162. The lowest BCUT2D eigenvalue weighted by Crippen LogP contribution is -2.05. The van der Waals surface area contributed by atoms with Gasteiger partial charge in [-0.2, -0.15) is 0 Å². The highest BCUT2D eigenvalue weighted by atomic mass is 32.2. The topological polar surface area (TPSA) is 64.8 Å². The Hall–Kier alpha value is -0.910. The van der Waals surface area contributed by atoms with E-state index in [-0.39, 0.29) is 5.75 Å². The monoisotopic (exact) mass is 188 g/mol. The fourth-order valence-corrected chi connectivity index (χ4v) is 1.42. The third-order valence-corrected chi connectivity index (χ3v) is 2.23. The predicted molar refractivity (Wildman–Crippen MR) is 43.7 cm³/mol. The first-order valence-corrected chi connectivity index (χ1v) is 5.13. The van der Waals surface area contributed by atoms with Crippen LogP contribution in [-0.4, -0.2) is 23.2 Å². The van der Waals surface area contributed by atoms with Crippen molar-refractivity contribution in [3.63, 3.8) is 0 Å². The maximum absolute atomic E-state index is 10.8. The Morgan fingerprint density at radius 2 is 2.08 bits per heavy atom. The van der Waals surface area contributed by atoms with Gasteiger partial charge in [0.1, 0.15) is 17.4 Å². The Kier molecular flexibility index (Phi) is 2.18. The van der Waals surface area contributed by atoms with Crippen molar-refractivity contribution in [1.82, 2.24) is 14.8 Å². The van der Waals surface area contributed by atoms with Crippen LogP contribution in [0.1, 0.15) is 11.6 Å². The lowest BCUT2D eigenvalue weighted by molar-refractivity contribution is 0.600. The Bertz CT molecular complexity index is 379. The van der Waals surface area contributed by atoms with Crippen molar-refractivity contribution in [1.29, 1.82) is 0 Å². The highest BCUT2D eigenvalue weighted by Crippen LogP contribution is 2.02. The van der Waals surface area contributed by atoms with Crippen LogP contribution in [0.2, 0.25) is 0 Å². The lowest BCUT2D eigenvalue weighted by Gasteiger charge is -1.98. The molecule has 1 heterocycles. The normalized spacial score (nSPS) is 11.9. The molecule has 0 atom stereocenters. The van der Waals surface area contributed by atoms with Gasteiger partial charge in [-0.3, -0.25) is 0 Å². The van der Waals surface area contributed by atoms with Gasteiger partial charge in [-0.1, -0.05) is 0 Å². The summed E-state index contributed by atoms with van der Waals surface area (Å²) in [5, 5.41) is 7.42. The van der Waals surface area contributed by atoms with Gasteiger partial charge in [0.2, 0.25) is 0 Å². The van der Waals surface area contributed by atoms with Crippen molar-refractivity contribution in [2.24, 2.45) is 7.05 Å². The Balaban J connectivity index is 2.99. The molecule has 6 heteroatoms. The molecule has 12 heavy (non-hydrogen) atoms. The second-order valence-electron chi connectivity index (χ2n) is 2.61. The molecule has 0 saturated carbocycles. The van der Waals surface area contributed by atoms with E-state index in [4.69, 9.17) is 0 Å². The first-order chi connectivity index (χ1) is 5.40. The van der Waals surface area contributed by atoms with E-state index in [0.717, 1.165) is 0 Å². The smallest absolute Gasteiger partial charge is 0.158 e. The van der Waals surface area contributed by atoms with Crippen molar-refractivity contribution >= 4 is 9.84 Å². The molecule has 67 valence electrons. The van der Waals surface area contributed by atoms with E-state index < -0.39 is 9.84 Å². The standard InChI is InChI=1S/C6H10N3O2S/c1-5-7-8-6(9(5)2)4-12(3,10)11/h3-4H2,1-2H3. The van der Waals surface area contributed by atoms with Crippen molar-refractivity contribution in [3.05, 3.63) is 17.9 Å². The number of aryl methyl sites for hydroxylation is 1. The molecule has 1 aromatic heterocycles. The number of hydrogen-bond donors (Lipinski definition) is 0. The fraction of sp³-hybridized carbons (Fsp3) is 0.500. The third-order valence-electron chi connectivity index (χ3n) is 1.53. The van der Waals surface area contributed by atoms with Crippen LogP contribution >= 0.6 is 0 Å². The maximum atomic E-state index is 10.8. The van der Waals surface area contributed by atoms with Crippen LogP contribution in [0.25, 0.3) is 0 Å². The summed E-state index contributed by atoms with van der Waals surface area (Å²) < 4.78 is 23.2. The number of hydrogen-bond acceptors (Lipinski definition) is 4. The van der Waals surface area contributed by atoms with Gasteiger partial charge in [0.05, 0.1) is 6.26 Å². The summed E-state index contributed by atoms with van der Waals surface area (Å²) in [5.74, 6) is 0.945. The summed E-state index contributed by atoms with van der Waals surface area (Å²) in [6.07, 6.45) is 3.01. The second-order valence-corrected chi connectivity index (χ2v) is 4.39. The molecule has 1 radical (unpaired) electrons. The predicted octanol–water partition coefficient (Wildman–Crippen LogP) is -0.170. The zero-order valence-electron chi connectivity index (χ0n) is 6.98. The first-order valence-electron chi connectivity index (χ1n) is 3.31. The summed E-state index contributed by atoms with van der Waals surface area (Å²) in [5.41, 5.74) is 0. The molecule has 0 saturated heterocycles. The maximum Gasteiger partial charge on any atom is 0.158 e. The van der Waals surface area contributed by atoms with Crippen molar-refractivity contribution in [2.75, 3.05) is 0 Å². The van der Waals surface area contributed by atoms with Crippen molar-refractivity contribution < 1.29 is 8.42 Å². The average Bonchev–Trinajstić information content (AvgIpc) is 2.16. The largest absolute Gasteiger partial charge is 0.317 e. The number of aromatic nitrogens is 3. The molecule has 0 spiro atoms. The fourth-order valence-electron chi connectivity index (χ4n) is 0.773. The van der Waals surface area contributed by atoms with Gasteiger partial charge in [0.15, 0.2) is 9.84 Å². The molecule has 1 aromatic rings. The van der Waals surface area contributed by atoms with E-state index in [0.29, 0.717) is 11.6 Å². The summed E-state index contributed by atoms with van der Waals surface area (Å²) in [6, 6.07) is 0. The molecule has 0 aromatic carbocycles. The van der Waals surface area contributed by atoms with E-state index in [1.807, 2.05) is 0 Å². The van der Waals surface area contributed by atoms with E-state index in [1.165, 1.54) is 0 Å². The lowest BCUT2D eigenvalue weighted by atomic mass is 10.6. The Morgan fingerprint density at radius 1 is 1.50 bits per heavy atom. The van der Waals surface area contributed by atoms with Crippen LogP contribution in [0.3, 0.4) is 0 Å². The van der Waals surface area contributed by atoms with Crippen LogP contribution in [0.15, 0.2) is 0 Å². The molecule has 0 aliphatic heterocycles. The Labute approximate surface area is 71.3 Å². The molecule has 0 amide bonds. The van der Waals surface area contributed by atoms with Crippen LogP contribution in [0.4, 0.5) is 0 Å². The zero-order chi connectivity index (χ0) is 9.35. The molecule has 0 bridgehead atoms. The average molecular weight is 188 g/mol. The summed E-state index contributed by atoms with van der Waals surface area (Å²) in [6.45, 7) is 1.76. The van der Waals surface area contributed by atoms with E-state index in [2.05, 4.69) is 16.5 Å². The van der Waals surface area contributed by atoms with Crippen LogP contribution in [0, 0.1) is 13.2 Å². The Morgan fingerprint density at radius 3 is 2.42 bits per heavy atom. The summed E-state index contributed by atoms with van der Waals surface area (Å²) in [4.78, 5) is 0. The highest BCUT2D eigenvalue weighted by molar-refractivity contribution is 7.91. The van der Waals surface area contributed by atoms with Gasteiger partial charge in [0, 0.05) is 7.05 Å². The molecule has 0 N–H and O–H groups in total. The SMILES string of the molecule is [CH2]S(=O)(=O)Cc1nnc(C)n1C. The van der Waals surface area contributed by atoms with Gasteiger partial charge < -0.3 is 4.57 Å². The van der Waals surface area contributed by atoms with Crippen LogP contribution < -0.4 is 0 Å². The summed E-state index contributed by atoms with van der Waals surface area (Å²) in [7, 11) is -1.54. The summed E-state index contributed by atoms with van der Waals surface area (Å²) >= 11 is 0. The van der Waals surface area contributed by atoms with E-state index >= 15 is 0 Å². The third kappa shape index (κ3) is 2.04. The molecule has 0 aliphatic carbocycles. The molecule has 0 fully saturated rings. The molecule has 1 rings (SSSR count). The van der Waals surface area contributed by atoms with Gasteiger partial charge in [-0.05, 0) is 6.92 Å². The highest BCUT2D eigenvalue weighted by Gasteiger charge is 2.11. The van der Waals surface area contributed by atoms with Crippen LogP contribution in [0.5, 0.6) is 0 Å².